The highest BCUT2D eigenvalue weighted by Gasteiger charge is 2.42. The van der Waals surface area contributed by atoms with Crippen molar-refractivity contribution < 1.29 is 44.3 Å². The van der Waals surface area contributed by atoms with E-state index in [1.54, 1.807) is 13.8 Å². The molecule has 1 heterocycles. The monoisotopic (exact) mass is 243 g/mol. The van der Waals surface area contributed by atoms with Crippen LogP contribution in [0.3, 0.4) is 0 Å². The van der Waals surface area contributed by atoms with E-state index in [1.165, 1.54) is 0 Å². The molecule has 66 valence electrons. The zero-order valence-electron chi connectivity index (χ0n) is 6.15. The minimum absolute atomic E-state index is 0. The average Bonchev–Trinajstić information content (AvgIpc) is 1.79. The minimum Gasteiger partial charge on any atom is -1.00 e. The van der Waals surface area contributed by atoms with Crippen LogP contribution in [-0.2, 0) is 4.79 Å². The summed E-state index contributed by atoms with van der Waals surface area (Å²) in [6, 6.07) is -0.287. The van der Waals surface area contributed by atoms with Crippen LogP contribution in [-0.4, -0.2) is 17.5 Å². The van der Waals surface area contributed by atoms with Crippen molar-refractivity contribution in [3.05, 3.63) is 0 Å². The number of quaternary nitrogens is 1. The fourth-order valence-electron chi connectivity index (χ4n) is 0.705. The number of halogens is 2. The average molecular weight is 244 g/mol. The van der Waals surface area contributed by atoms with Gasteiger partial charge < -0.3 is 29.4 Å². The molecule has 1 fully saturated rings. The number of carbonyl (C=O) groups excluding carboxylic acids is 2. The van der Waals surface area contributed by atoms with E-state index in [0.717, 1.165) is 5.32 Å². The highest BCUT2D eigenvalue weighted by molar-refractivity contribution is 5.92. The molecule has 0 bridgehead atoms. The zero-order valence-corrected chi connectivity index (χ0v) is 8.49. The number of rotatable bonds is 0. The molecule has 11 heavy (non-hydrogen) atoms. The molecular formula is C5H9BrClN2O2-. The number of carbonyl (C=O) groups is 2. The molecule has 0 spiro atoms. The van der Waals surface area contributed by atoms with Gasteiger partial charge in [-0.3, -0.25) is 5.32 Å². The SMILES string of the molecule is CC1(C)NC(=O)[NH2+]C1=O.[Br-].[Cl-]. The van der Waals surface area contributed by atoms with Crippen LogP contribution >= 0.6 is 0 Å². The van der Waals surface area contributed by atoms with E-state index < -0.39 is 5.54 Å². The molecule has 0 radical (unpaired) electrons. The molecule has 3 N–H and O–H groups in total. The maximum absolute atomic E-state index is 10.8. The Labute approximate surface area is 81.3 Å². The Balaban J connectivity index is 0. The fraction of sp³-hybridized carbons (Fsp3) is 0.600. The number of primary amides is 2. The van der Waals surface area contributed by atoms with Crippen molar-refractivity contribution in [3.63, 3.8) is 0 Å². The maximum atomic E-state index is 10.8. The van der Waals surface area contributed by atoms with Crippen molar-refractivity contribution in [2.45, 2.75) is 19.4 Å². The molecule has 1 rings (SSSR count). The summed E-state index contributed by atoms with van der Waals surface area (Å²) in [5.74, 6) is -0.146. The molecule has 0 aliphatic carbocycles. The van der Waals surface area contributed by atoms with Gasteiger partial charge in [-0.15, -0.1) is 0 Å². The highest BCUT2D eigenvalue weighted by Crippen LogP contribution is 2.00. The topological polar surface area (TPSA) is 62.8 Å². The van der Waals surface area contributed by atoms with E-state index >= 15 is 0 Å². The van der Waals surface area contributed by atoms with Crippen molar-refractivity contribution >= 4 is 11.9 Å². The van der Waals surface area contributed by atoms with Gasteiger partial charge in [-0.05, 0) is 13.8 Å². The maximum Gasteiger partial charge on any atom is 0.421 e. The van der Waals surface area contributed by atoms with Gasteiger partial charge >= 0.3 is 11.9 Å². The van der Waals surface area contributed by atoms with Crippen molar-refractivity contribution in [2.24, 2.45) is 0 Å². The van der Waals surface area contributed by atoms with Gasteiger partial charge in [0.15, 0.2) is 5.54 Å². The van der Waals surface area contributed by atoms with Crippen LogP contribution < -0.4 is 40.0 Å². The molecule has 1 saturated heterocycles. The molecule has 6 heteroatoms. The summed E-state index contributed by atoms with van der Waals surface area (Å²) < 4.78 is 0. The van der Waals surface area contributed by atoms with E-state index in [9.17, 15) is 9.59 Å². The van der Waals surface area contributed by atoms with Gasteiger partial charge in [0.1, 0.15) is 0 Å². The molecule has 0 unspecified atom stereocenters. The highest BCUT2D eigenvalue weighted by atomic mass is 79.9. The van der Waals surface area contributed by atoms with Crippen molar-refractivity contribution in [1.29, 1.82) is 0 Å². The standard InChI is InChI=1S/C5H8N2O2.BrH.ClH/c1-5(2)3(8)6-4(9)7-5;;/h1-2H3,(H2,6,7,8,9);2*1H/p-1. The lowest BCUT2D eigenvalue weighted by atomic mass is 10.1. The van der Waals surface area contributed by atoms with Gasteiger partial charge in [0.25, 0.3) is 0 Å². The molecular weight excluding hydrogens is 235 g/mol. The Bertz CT molecular complexity index is 183. The van der Waals surface area contributed by atoms with E-state index in [4.69, 9.17) is 0 Å². The lowest BCUT2D eigenvalue weighted by Crippen LogP contribution is -3.00. The Hall–Kier alpha value is -0.130. The van der Waals surface area contributed by atoms with E-state index in [2.05, 4.69) is 5.32 Å². The Morgan fingerprint density at radius 1 is 1.36 bits per heavy atom. The second-order valence-electron chi connectivity index (χ2n) is 2.62. The van der Waals surface area contributed by atoms with Gasteiger partial charge in [0, 0.05) is 0 Å². The predicted octanol–water partition coefficient (Wildman–Crippen LogP) is -7.41. The third-order valence-electron chi connectivity index (χ3n) is 1.31. The van der Waals surface area contributed by atoms with Crippen LogP contribution in [0.25, 0.3) is 0 Å². The fourth-order valence-corrected chi connectivity index (χ4v) is 0.705. The number of nitrogens with one attached hydrogen (secondary N) is 1. The molecule has 4 nitrogen and oxygen atoms in total. The summed E-state index contributed by atoms with van der Waals surface area (Å²) in [6.45, 7) is 3.35. The summed E-state index contributed by atoms with van der Waals surface area (Å²) in [7, 11) is 0. The second kappa shape index (κ2) is 4.04. The molecule has 1 aliphatic rings. The first-order valence-electron chi connectivity index (χ1n) is 2.74. The normalized spacial score (nSPS) is 19.8. The first-order valence-corrected chi connectivity index (χ1v) is 2.74. The number of nitrogens with two attached hydrogens (primary N) is 1. The first kappa shape index (κ1) is 13.5. The van der Waals surface area contributed by atoms with Gasteiger partial charge in [-0.2, -0.15) is 5.32 Å². The molecule has 0 atom stereocenters. The Morgan fingerprint density at radius 2 is 1.82 bits per heavy atom. The van der Waals surface area contributed by atoms with Gasteiger partial charge in [0.05, 0.1) is 0 Å². The second-order valence-corrected chi connectivity index (χ2v) is 2.62. The molecule has 0 aromatic carbocycles. The summed E-state index contributed by atoms with van der Waals surface area (Å²) in [6.07, 6.45) is 0. The van der Waals surface area contributed by atoms with E-state index in [-0.39, 0.29) is 41.3 Å². The summed E-state index contributed by atoms with van der Waals surface area (Å²) in [5, 5.41) is 3.58. The third kappa shape index (κ3) is 2.76. The van der Waals surface area contributed by atoms with Crippen LogP contribution in [0, 0.1) is 0 Å². The lowest BCUT2D eigenvalue weighted by molar-refractivity contribution is -0.460. The van der Waals surface area contributed by atoms with Crippen molar-refractivity contribution in [3.8, 4) is 0 Å². The zero-order chi connectivity index (χ0) is 7.07. The van der Waals surface area contributed by atoms with Crippen LogP contribution in [0.1, 0.15) is 13.8 Å². The van der Waals surface area contributed by atoms with Crippen LogP contribution in [0.5, 0.6) is 0 Å². The smallest absolute Gasteiger partial charge is 0.421 e. The number of imide groups is 1. The number of hydrogen-bond acceptors (Lipinski definition) is 2. The largest absolute Gasteiger partial charge is 1.00 e. The van der Waals surface area contributed by atoms with Crippen molar-refractivity contribution in [2.75, 3.05) is 0 Å². The van der Waals surface area contributed by atoms with Crippen molar-refractivity contribution in [1.82, 2.24) is 5.32 Å². The Kier molecular flexibility index (Phi) is 4.94. The van der Waals surface area contributed by atoms with Crippen LogP contribution in [0.15, 0.2) is 0 Å². The Morgan fingerprint density at radius 3 is 1.91 bits per heavy atom. The molecule has 3 amide bonds. The molecule has 1 aliphatic heterocycles. The lowest BCUT2D eigenvalue weighted by Gasteiger charge is -2.07. The number of urea groups is 1. The quantitative estimate of drug-likeness (QED) is 0.416. The van der Waals surface area contributed by atoms with Gasteiger partial charge in [-0.25, -0.2) is 9.59 Å². The summed E-state index contributed by atoms with van der Waals surface area (Å²) in [4.78, 5) is 21.2. The number of hydrogen-bond donors (Lipinski definition) is 2. The molecule has 0 saturated carbocycles. The van der Waals surface area contributed by atoms with Crippen LogP contribution in [0.4, 0.5) is 4.79 Å². The molecule has 0 aromatic rings. The van der Waals surface area contributed by atoms with E-state index in [1.807, 2.05) is 0 Å². The van der Waals surface area contributed by atoms with Gasteiger partial charge in [-0.1, -0.05) is 0 Å². The van der Waals surface area contributed by atoms with E-state index in [0.29, 0.717) is 0 Å². The first-order chi connectivity index (χ1) is 4.02. The van der Waals surface area contributed by atoms with Crippen LogP contribution in [0.2, 0.25) is 0 Å². The third-order valence-corrected chi connectivity index (χ3v) is 1.31. The summed E-state index contributed by atoms with van der Waals surface area (Å²) >= 11 is 0. The van der Waals surface area contributed by atoms with Gasteiger partial charge in [0.2, 0.25) is 0 Å². The minimum atomic E-state index is -0.670. The predicted molar refractivity (Wildman–Crippen MR) is 29.5 cm³/mol. The number of amides is 3. The summed E-state index contributed by atoms with van der Waals surface area (Å²) in [5.41, 5.74) is -0.670. The molecule has 0 aromatic heterocycles.